The molecule has 41 heavy (non-hydrogen) atoms. The lowest BCUT2D eigenvalue weighted by Crippen LogP contribution is -2.49. The smallest absolute Gasteiger partial charge is 0.410 e. The summed E-state index contributed by atoms with van der Waals surface area (Å²) in [6.45, 7) is 10.3. The summed E-state index contributed by atoms with van der Waals surface area (Å²) in [5.41, 5.74) is -1.07. The fourth-order valence-corrected chi connectivity index (χ4v) is 8.35. The number of aliphatic hydroxyl groups excluding tert-OH is 1. The van der Waals surface area contributed by atoms with E-state index in [0.29, 0.717) is 24.6 Å². The van der Waals surface area contributed by atoms with Crippen LogP contribution in [0, 0.1) is 17.8 Å². The molecular weight excluding hydrogens is 520 g/mol. The fourth-order valence-electron chi connectivity index (χ4n) is 8.35. The summed E-state index contributed by atoms with van der Waals surface area (Å²) in [4.78, 5) is 29.4. The first-order valence-corrected chi connectivity index (χ1v) is 16.6. The van der Waals surface area contributed by atoms with Gasteiger partial charge in [-0.15, -0.1) is 0 Å². The van der Waals surface area contributed by atoms with E-state index in [-0.39, 0.29) is 43.5 Å². The Morgan fingerprint density at radius 1 is 0.878 bits per heavy atom. The second-order valence-corrected chi connectivity index (χ2v) is 14.9. The van der Waals surface area contributed by atoms with Crippen LogP contribution in [0.2, 0.25) is 0 Å². The summed E-state index contributed by atoms with van der Waals surface area (Å²) < 4.78 is 18.2. The van der Waals surface area contributed by atoms with Crippen molar-refractivity contribution in [1.82, 2.24) is 9.80 Å². The van der Waals surface area contributed by atoms with Crippen molar-refractivity contribution in [3.63, 3.8) is 0 Å². The maximum absolute atomic E-state index is 13.4. The zero-order valence-corrected chi connectivity index (χ0v) is 26.5. The standard InChI is InChI=1S/C33H58N2O6/c1-32(2,3)41-31(38)35-29(25-14-10-7-11-15-25)18-26(30(35)21-37)19-33(4,5)40-23-39-22-34-27(20-36)16-17-28(34)24-12-8-6-9-13-24/h20,24-30,37H,6-19,21-23H2,1-5H3/t26?,27-,28+,29+,30+/m1/s1. The number of likely N-dealkylation sites (tertiary alicyclic amines) is 2. The summed E-state index contributed by atoms with van der Waals surface area (Å²) in [5.74, 6) is 1.23. The quantitative estimate of drug-likeness (QED) is 0.175. The monoisotopic (exact) mass is 578 g/mol. The van der Waals surface area contributed by atoms with Gasteiger partial charge in [-0.25, -0.2) is 4.79 Å². The summed E-state index contributed by atoms with van der Waals surface area (Å²) in [7, 11) is 0. The first-order chi connectivity index (χ1) is 19.5. The minimum atomic E-state index is -0.583. The molecule has 0 aromatic heterocycles. The molecule has 1 amide bonds. The Hall–Kier alpha value is -1.22. The van der Waals surface area contributed by atoms with Crippen LogP contribution >= 0.6 is 0 Å². The molecule has 4 fully saturated rings. The van der Waals surface area contributed by atoms with Crippen LogP contribution in [0.15, 0.2) is 0 Å². The van der Waals surface area contributed by atoms with Crippen LogP contribution in [0.1, 0.15) is 125 Å². The third-order valence-corrected chi connectivity index (χ3v) is 10.3. The zero-order valence-electron chi connectivity index (χ0n) is 26.5. The number of amides is 1. The van der Waals surface area contributed by atoms with Crippen molar-refractivity contribution in [1.29, 1.82) is 0 Å². The van der Waals surface area contributed by atoms with E-state index in [1.807, 2.05) is 25.7 Å². The molecule has 1 N–H and O–H groups in total. The normalized spacial score (nSPS) is 31.1. The summed E-state index contributed by atoms with van der Waals surface area (Å²) in [5, 5.41) is 10.5. The molecule has 2 aliphatic heterocycles. The number of ether oxygens (including phenoxy) is 3. The Morgan fingerprint density at radius 3 is 2.05 bits per heavy atom. The molecule has 4 rings (SSSR count). The van der Waals surface area contributed by atoms with E-state index in [0.717, 1.165) is 44.8 Å². The van der Waals surface area contributed by atoms with E-state index >= 15 is 0 Å². The topological polar surface area (TPSA) is 88.5 Å². The predicted octanol–water partition coefficient (Wildman–Crippen LogP) is 6.28. The fraction of sp³-hybridized carbons (Fsp3) is 0.939. The second kappa shape index (κ2) is 14.5. The molecule has 0 radical (unpaired) electrons. The van der Waals surface area contributed by atoms with E-state index in [2.05, 4.69) is 18.7 Å². The molecule has 0 aromatic rings. The molecule has 2 heterocycles. The van der Waals surface area contributed by atoms with E-state index < -0.39 is 11.2 Å². The third kappa shape index (κ3) is 8.67. The molecule has 2 saturated carbocycles. The van der Waals surface area contributed by atoms with Crippen LogP contribution in [0.3, 0.4) is 0 Å². The Morgan fingerprint density at radius 2 is 1.49 bits per heavy atom. The number of hydrogen-bond acceptors (Lipinski definition) is 7. The van der Waals surface area contributed by atoms with Gasteiger partial charge in [-0.1, -0.05) is 38.5 Å². The highest BCUT2D eigenvalue weighted by Gasteiger charge is 2.49. The van der Waals surface area contributed by atoms with Gasteiger partial charge in [0.2, 0.25) is 0 Å². The van der Waals surface area contributed by atoms with Crippen molar-refractivity contribution in [3.8, 4) is 0 Å². The number of hydrogen-bond donors (Lipinski definition) is 1. The Balaban J connectivity index is 1.34. The van der Waals surface area contributed by atoms with Gasteiger partial charge in [-0.3, -0.25) is 9.80 Å². The maximum Gasteiger partial charge on any atom is 0.410 e. The van der Waals surface area contributed by atoms with Gasteiger partial charge < -0.3 is 24.1 Å². The van der Waals surface area contributed by atoms with E-state index in [1.165, 1.54) is 51.4 Å². The second-order valence-electron chi connectivity index (χ2n) is 14.9. The number of carbonyl (C=O) groups is 2. The van der Waals surface area contributed by atoms with E-state index in [9.17, 15) is 14.7 Å². The van der Waals surface area contributed by atoms with Gasteiger partial charge in [0.25, 0.3) is 0 Å². The largest absolute Gasteiger partial charge is 0.444 e. The molecule has 5 atom stereocenters. The Kier molecular flexibility index (Phi) is 11.6. The van der Waals surface area contributed by atoms with Crippen LogP contribution < -0.4 is 0 Å². The molecule has 0 aromatic carbocycles. The minimum absolute atomic E-state index is 0.0608. The number of rotatable bonds is 11. The maximum atomic E-state index is 13.4. The lowest BCUT2D eigenvalue weighted by molar-refractivity contribution is -0.161. The summed E-state index contributed by atoms with van der Waals surface area (Å²) >= 11 is 0. The first-order valence-electron chi connectivity index (χ1n) is 16.6. The van der Waals surface area contributed by atoms with Crippen molar-refractivity contribution in [3.05, 3.63) is 0 Å². The molecular formula is C33H58N2O6. The Labute approximate surface area is 248 Å². The predicted molar refractivity (Wildman–Crippen MR) is 159 cm³/mol. The van der Waals surface area contributed by atoms with Crippen molar-refractivity contribution in [2.45, 2.75) is 160 Å². The van der Waals surface area contributed by atoms with E-state index in [4.69, 9.17) is 14.2 Å². The molecule has 0 bridgehead atoms. The van der Waals surface area contributed by atoms with Crippen LogP contribution in [0.4, 0.5) is 4.79 Å². The van der Waals surface area contributed by atoms with Crippen molar-refractivity contribution >= 4 is 12.4 Å². The lowest BCUT2D eigenvalue weighted by atomic mass is 9.80. The molecule has 4 aliphatic rings. The molecule has 8 nitrogen and oxygen atoms in total. The minimum Gasteiger partial charge on any atom is -0.444 e. The Bertz CT molecular complexity index is 832. The van der Waals surface area contributed by atoms with Crippen LogP contribution in [0.5, 0.6) is 0 Å². The van der Waals surface area contributed by atoms with Crippen LogP contribution in [-0.4, -0.2) is 82.8 Å². The lowest BCUT2D eigenvalue weighted by Gasteiger charge is -2.37. The summed E-state index contributed by atoms with van der Waals surface area (Å²) in [6.07, 6.45) is 16.7. The van der Waals surface area contributed by atoms with Gasteiger partial charge in [0.05, 0.1) is 24.3 Å². The number of carbonyl (C=O) groups excluding carboxylic acids is 2. The number of nitrogens with zero attached hydrogens (tertiary/aromatic N) is 2. The van der Waals surface area contributed by atoms with Gasteiger partial charge in [-0.05, 0) is 104 Å². The third-order valence-electron chi connectivity index (χ3n) is 10.3. The van der Waals surface area contributed by atoms with Crippen LogP contribution in [-0.2, 0) is 19.0 Å². The van der Waals surface area contributed by atoms with Gasteiger partial charge in [0.1, 0.15) is 25.4 Å². The summed E-state index contributed by atoms with van der Waals surface area (Å²) in [6, 6.07) is 0.174. The first kappa shape index (κ1) is 32.7. The zero-order chi connectivity index (χ0) is 29.6. The SMILES string of the molecule is CC(C)(C)OC(=O)N1[C@@H](CO)C(CC(C)(C)OCOCN2[C@@H](C=O)CC[C@H]2C2CCCCC2)C[C@H]1C1CCCCC1. The highest BCUT2D eigenvalue weighted by molar-refractivity contribution is 5.69. The average Bonchev–Trinajstić information content (AvgIpc) is 3.51. The highest BCUT2D eigenvalue weighted by atomic mass is 16.7. The number of aliphatic hydroxyl groups is 1. The number of aldehydes is 1. The molecule has 236 valence electrons. The molecule has 2 saturated heterocycles. The van der Waals surface area contributed by atoms with Gasteiger partial charge in [-0.2, -0.15) is 0 Å². The van der Waals surface area contributed by atoms with Gasteiger partial charge in [0.15, 0.2) is 0 Å². The van der Waals surface area contributed by atoms with Crippen LogP contribution in [0.25, 0.3) is 0 Å². The van der Waals surface area contributed by atoms with Gasteiger partial charge >= 0.3 is 6.09 Å². The molecule has 1 unspecified atom stereocenters. The van der Waals surface area contributed by atoms with Gasteiger partial charge in [0, 0.05) is 12.1 Å². The highest BCUT2D eigenvalue weighted by Crippen LogP contribution is 2.43. The average molecular weight is 579 g/mol. The molecule has 8 heteroatoms. The molecule has 0 spiro atoms. The van der Waals surface area contributed by atoms with Crippen molar-refractivity contribution in [2.75, 3.05) is 20.1 Å². The van der Waals surface area contributed by atoms with Crippen molar-refractivity contribution < 1.29 is 28.9 Å². The molecule has 2 aliphatic carbocycles. The van der Waals surface area contributed by atoms with Crippen molar-refractivity contribution in [2.24, 2.45) is 17.8 Å². The van der Waals surface area contributed by atoms with E-state index in [1.54, 1.807) is 0 Å².